The van der Waals surface area contributed by atoms with E-state index < -0.39 is 39.0 Å². The fourth-order valence-electron chi connectivity index (χ4n) is 3.69. The van der Waals surface area contributed by atoms with E-state index in [1.165, 1.54) is 53.4 Å². The number of halogens is 2. The Labute approximate surface area is 200 Å². The van der Waals surface area contributed by atoms with E-state index in [1.54, 1.807) is 0 Å². The third-order valence-electron chi connectivity index (χ3n) is 5.44. The number of ether oxygens (including phenoxy) is 1. The molecule has 4 rings (SSSR count). The number of nitrogens with one attached hydrogen (secondary N) is 1. The molecule has 1 fully saturated rings. The van der Waals surface area contributed by atoms with Gasteiger partial charge in [-0.1, -0.05) is 30.3 Å². The molecular weight excluding hydrogens is 483 g/mol. The van der Waals surface area contributed by atoms with Gasteiger partial charge in [0, 0.05) is 21.9 Å². The summed E-state index contributed by atoms with van der Waals surface area (Å²) in [5, 5.41) is 2.90. The first-order valence-corrected chi connectivity index (χ1v) is 12.6. The number of hydrogen-bond acceptors (Lipinski definition) is 5. The van der Waals surface area contributed by atoms with Crippen molar-refractivity contribution in [2.45, 2.75) is 23.5 Å². The Hall–Kier alpha value is -3.43. The average Bonchev–Trinajstić information content (AvgIpc) is 3.21. The summed E-state index contributed by atoms with van der Waals surface area (Å²) in [5.41, 5.74) is 1.64. The van der Waals surface area contributed by atoms with Crippen LogP contribution in [-0.2, 0) is 20.2 Å². The predicted molar refractivity (Wildman–Crippen MR) is 125 cm³/mol. The SMILES string of the molecule is O=C(NC(Cc1ccccc1)[C@H]1CN(c2ccc(S(=O)(=O)Cl)cc2)C(=O)O1)c1ccc(F)cc1. The maximum absolute atomic E-state index is 13.2. The van der Waals surface area contributed by atoms with E-state index in [2.05, 4.69) is 5.32 Å². The van der Waals surface area contributed by atoms with Crippen LogP contribution >= 0.6 is 10.7 Å². The molecule has 2 amide bonds. The van der Waals surface area contributed by atoms with Crippen LogP contribution in [0.1, 0.15) is 15.9 Å². The average molecular weight is 503 g/mol. The highest BCUT2D eigenvalue weighted by Crippen LogP contribution is 2.26. The molecule has 176 valence electrons. The van der Waals surface area contributed by atoms with Gasteiger partial charge in [-0.05, 0) is 60.5 Å². The van der Waals surface area contributed by atoms with E-state index in [0.29, 0.717) is 12.1 Å². The largest absolute Gasteiger partial charge is 0.442 e. The molecule has 1 N–H and O–H groups in total. The van der Waals surface area contributed by atoms with Crippen molar-refractivity contribution in [2.24, 2.45) is 0 Å². The Kier molecular flexibility index (Phi) is 6.85. The van der Waals surface area contributed by atoms with Gasteiger partial charge in [0.25, 0.3) is 15.0 Å². The molecule has 0 saturated carbocycles. The second-order valence-electron chi connectivity index (χ2n) is 7.74. The van der Waals surface area contributed by atoms with E-state index in [1.807, 2.05) is 30.3 Å². The number of rotatable bonds is 7. The van der Waals surface area contributed by atoms with Crippen LogP contribution in [0.4, 0.5) is 14.9 Å². The van der Waals surface area contributed by atoms with Crippen molar-refractivity contribution in [3.63, 3.8) is 0 Å². The topological polar surface area (TPSA) is 92.8 Å². The Balaban J connectivity index is 1.55. The lowest BCUT2D eigenvalue weighted by Crippen LogP contribution is -2.46. The fraction of sp³-hybridized carbons (Fsp3) is 0.167. The molecule has 0 aromatic heterocycles. The first kappa shape index (κ1) is 23.7. The number of anilines is 1. The number of carbonyl (C=O) groups is 2. The van der Waals surface area contributed by atoms with Crippen molar-refractivity contribution in [1.82, 2.24) is 5.32 Å². The zero-order valence-corrected chi connectivity index (χ0v) is 19.3. The molecule has 7 nitrogen and oxygen atoms in total. The van der Waals surface area contributed by atoms with Crippen LogP contribution in [-0.4, -0.2) is 39.1 Å². The molecule has 3 aromatic carbocycles. The quantitative estimate of drug-likeness (QED) is 0.491. The molecule has 1 aliphatic heterocycles. The molecular formula is C24H20ClFN2O5S. The minimum atomic E-state index is -3.89. The van der Waals surface area contributed by atoms with Crippen LogP contribution in [0.2, 0.25) is 0 Å². The van der Waals surface area contributed by atoms with Crippen LogP contribution < -0.4 is 10.2 Å². The molecule has 34 heavy (non-hydrogen) atoms. The highest BCUT2D eigenvalue weighted by atomic mass is 35.7. The van der Waals surface area contributed by atoms with Gasteiger partial charge in [0.15, 0.2) is 0 Å². The fourth-order valence-corrected chi connectivity index (χ4v) is 4.46. The molecule has 1 unspecified atom stereocenters. The normalized spacial score (nSPS) is 16.7. The summed E-state index contributed by atoms with van der Waals surface area (Å²) >= 11 is 0. The van der Waals surface area contributed by atoms with E-state index in [9.17, 15) is 22.4 Å². The van der Waals surface area contributed by atoms with Gasteiger partial charge in [-0.15, -0.1) is 0 Å². The van der Waals surface area contributed by atoms with Gasteiger partial charge >= 0.3 is 6.09 Å². The molecule has 1 aliphatic rings. The molecule has 3 aromatic rings. The molecule has 10 heteroatoms. The van der Waals surface area contributed by atoms with Gasteiger partial charge in [0.05, 0.1) is 17.5 Å². The summed E-state index contributed by atoms with van der Waals surface area (Å²) in [4.78, 5) is 26.7. The van der Waals surface area contributed by atoms with Crippen molar-refractivity contribution < 1.29 is 27.1 Å². The Morgan fingerprint density at radius 1 is 1.06 bits per heavy atom. The summed E-state index contributed by atoms with van der Waals surface area (Å²) in [7, 11) is 1.46. The number of cyclic esters (lactones) is 1. The predicted octanol–water partition coefficient (Wildman–Crippen LogP) is 4.12. The molecule has 0 spiro atoms. The second-order valence-corrected chi connectivity index (χ2v) is 10.3. The van der Waals surface area contributed by atoms with E-state index >= 15 is 0 Å². The summed E-state index contributed by atoms with van der Waals surface area (Å²) in [5.74, 6) is -0.877. The van der Waals surface area contributed by atoms with Crippen molar-refractivity contribution >= 4 is 37.4 Å². The van der Waals surface area contributed by atoms with Gasteiger partial charge in [0.1, 0.15) is 11.9 Å². The van der Waals surface area contributed by atoms with Gasteiger partial charge in [-0.3, -0.25) is 9.69 Å². The van der Waals surface area contributed by atoms with E-state index in [-0.39, 0.29) is 17.0 Å². The third kappa shape index (κ3) is 5.55. The third-order valence-corrected chi connectivity index (χ3v) is 6.80. The van der Waals surface area contributed by atoms with Crippen molar-refractivity contribution in [3.8, 4) is 0 Å². The number of benzene rings is 3. The lowest BCUT2D eigenvalue weighted by atomic mass is 10.0. The first-order valence-electron chi connectivity index (χ1n) is 10.3. The smallest absolute Gasteiger partial charge is 0.414 e. The highest BCUT2D eigenvalue weighted by Gasteiger charge is 2.38. The van der Waals surface area contributed by atoms with Crippen LogP contribution in [0.3, 0.4) is 0 Å². The minimum Gasteiger partial charge on any atom is -0.442 e. The monoisotopic (exact) mass is 502 g/mol. The first-order chi connectivity index (χ1) is 16.2. The zero-order chi connectivity index (χ0) is 24.3. The molecule has 0 bridgehead atoms. The zero-order valence-electron chi connectivity index (χ0n) is 17.7. The lowest BCUT2D eigenvalue weighted by molar-refractivity contribution is 0.0840. The summed E-state index contributed by atoms with van der Waals surface area (Å²) in [6, 6.07) is 19.5. The Bertz CT molecular complexity index is 1290. The molecule has 0 aliphatic carbocycles. The van der Waals surface area contributed by atoms with Gasteiger partial charge in [-0.2, -0.15) is 0 Å². The second kappa shape index (κ2) is 9.82. The van der Waals surface area contributed by atoms with Gasteiger partial charge < -0.3 is 10.1 Å². The van der Waals surface area contributed by atoms with Crippen molar-refractivity contribution in [2.75, 3.05) is 11.4 Å². The maximum Gasteiger partial charge on any atom is 0.414 e. The van der Waals surface area contributed by atoms with Gasteiger partial charge in [-0.25, -0.2) is 17.6 Å². The number of amides is 2. The lowest BCUT2D eigenvalue weighted by Gasteiger charge is -2.23. The standard InChI is InChI=1S/C24H20ClFN2O5S/c25-34(31,32)20-12-10-19(11-13-20)28-15-22(33-24(28)30)21(14-16-4-2-1-3-5-16)27-23(29)17-6-8-18(26)9-7-17/h1-13,21-22H,14-15H2,(H,27,29)/t21?,22-/m1/s1. The van der Waals surface area contributed by atoms with Crippen LogP contribution in [0.5, 0.6) is 0 Å². The van der Waals surface area contributed by atoms with Crippen LogP contribution in [0, 0.1) is 5.82 Å². The highest BCUT2D eigenvalue weighted by molar-refractivity contribution is 8.13. The summed E-state index contributed by atoms with van der Waals surface area (Å²) < 4.78 is 41.8. The van der Waals surface area contributed by atoms with Gasteiger partial charge in [0.2, 0.25) is 0 Å². The Morgan fingerprint density at radius 3 is 2.32 bits per heavy atom. The van der Waals surface area contributed by atoms with E-state index in [4.69, 9.17) is 15.4 Å². The number of hydrogen-bond donors (Lipinski definition) is 1. The Morgan fingerprint density at radius 2 is 1.71 bits per heavy atom. The van der Waals surface area contributed by atoms with Crippen LogP contribution in [0.25, 0.3) is 0 Å². The number of carbonyl (C=O) groups excluding carboxylic acids is 2. The maximum atomic E-state index is 13.2. The van der Waals surface area contributed by atoms with Crippen molar-refractivity contribution in [1.29, 1.82) is 0 Å². The summed E-state index contributed by atoms with van der Waals surface area (Å²) in [6.07, 6.45) is -0.919. The minimum absolute atomic E-state index is 0.0875. The van der Waals surface area contributed by atoms with E-state index in [0.717, 1.165) is 5.56 Å². The molecule has 1 saturated heterocycles. The van der Waals surface area contributed by atoms with Crippen LogP contribution in [0.15, 0.2) is 83.8 Å². The number of nitrogens with zero attached hydrogens (tertiary/aromatic N) is 1. The summed E-state index contributed by atoms with van der Waals surface area (Å²) in [6.45, 7) is 0.132. The molecule has 1 heterocycles. The molecule has 2 atom stereocenters. The molecule has 0 radical (unpaired) electrons. The van der Waals surface area contributed by atoms with Crippen molar-refractivity contribution in [3.05, 3.63) is 95.8 Å².